The molecule has 0 spiro atoms. The number of benzene rings is 8. The average Bonchev–Trinajstić information content (AvgIpc) is 3.25. The van der Waals surface area contributed by atoms with E-state index >= 15 is 0 Å². The van der Waals surface area contributed by atoms with Gasteiger partial charge >= 0.3 is 0 Å². The monoisotopic (exact) mass is 693 g/mol. The van der Waals surface area contributed by atoms with Crippen LogP contribution < -0.4 is 4.90 Å². The molecule has 2 heteroatoms. The van der Waals surface area contributed by atoms with Crippen molar-refractivity contribution in [1.82, 2.24) is 0 Å². The molecule has 2 nitrogen and oxygen atoms in total. The molecular formula is C52H39NO. The van der Waals surface area contributed by atoms with Gasteiger partial charge < -0.3 is 4.90 Å². The molecule has 0 saturated carbocycles. The topological polar surface area (TPSA) is 20.3 Å². The summed E-state index contributed by atoms with van der Waals surface area (Å²) in [4.78, 5) is 14.4. The number of hydrogen-bond donors (Lipinski definition) is 0. The Balaban J connectivity index is 1.23. The van der Waals surface area contributed by atoms with Crippen LogP contribution in [0.2, 0.25) is 0 Å². The van der Waals surface area contributed by atoms with Gasteiger partial charge in [-0.3, -0.25) is 4.79 Å². The fraction of sp³-hybridized carbons (Fsp3) is 0.0192. The molecule has 0 aliphatic rings. The van der Waals surface area contributed by atoms with Gasteiger partial charge in [0.2, 0.25) is 0 Å². The minimum Gasteiger partial charge on any atom is -0.344 e. The Morgan fingerprint density at radius 2 is 0.889 bits per heavy atom. The van der Waals surface area contributed by atoms with Crippen LogP contribution in [0.15, 0.2) is 189 Å². The van der Waals surface area contributed by atoms with Gasteiger partial charge in [0, 0.05) is 29.5 Å². The quantitative estimate of drug-likeness (QED) is 0.133. The van der Waals surface area contributed by atoms with Crippen molar-refractivity contribution in [3.8, 4) is 55.6 Å². The van der Waals surface area contributed by atoms with E-state index in [9.17, 15) is 4.79 Å². The zero-order valence-electron chi connectivity index (χ0n) is 30.2. The SMILES string of the molecule is C=Cc1c(C=C)c(-c2ccc(-c3ccc(N(C)c4ccccc4)c(-c4ccccc4C=O)c3)cc2)c2ccccc2c1-c1ccc(-c2ccccc2)cc1. The summed E-state index contributed by atoms with van der Waals surface area (Å²) in [6.07, 6.45) is 4.87. The normalized spacial score (nSPS) is 10.9. The summed E-state index contributed by atoms with van der Waals surface area (Å²) in [6, 6.07) is 61.3. The van der Waals surface area contributed by atoms with Crippen molar-refractivity contribution in [2.24, 2.45) is 0 Å². The number of anilines is 2. The third kappa shape index (κ3) is 6.25. The summed E-state index contributed by atoms with van der Waals surface area (Å²) >= 11 is 0. The largest absolute Gasteiger partial charge is 0.344 e. The van der Waals surface area contributed by atoms with E-state index in [0.717, 1.165) is 78.7 Å². The predicted octanol–water partition coefficient (Wildman–Crippen LogP) is 14.0. The van der Waals surface area contributed by atoms with Crippen molar-refractivity contribution in [1.29, 1.82) is 0 Å². The molecule has 0 fully saturated rings. The fourth-order valence-corrected chi connectivity index (χ4v) is 7.67. The van der Waals surface area contributed by atoms with Gasteiger partial charge in [0.1, 0.15) is 0 Å². The van der Waals surface area contributed by atoms with Crippen LogP contribution in [0.1, 0.15) is 21.5 Å². The van der Waals surface area contributed by atoms with E-state index < -0.39 is 0 Å². The molecule has 258 valence electrons. The zero-order chi connectivity index (χ0) is 37.0. The number of fused-ring (bicyclic) bond motifs is 1. The lowest BCUT2D eigenvalue weighted by molar-refractivity contribution is 0.112. The van der Waals surface area contributed by atoms with Crippen LogP contribution in [0.5, 0.6) is 0 Å². The Morgan fingerprint density at radius 1 is 0.444 bits per heavy atom. The Bertz CT molecular complexity index is 2640. The number of hydrogen-bond acceptors (Lipinski definition) is 2. The van der Waals surface area contributed by atoms with Crippen molar-refractivity contribution < 1.29 is 4.79 Å². The predicted molar refractivity (Wildman–Crippen MR) is 231 cm³/mol. The lowest BCUT2D eigenvalue weighted by Gasteiger charge is -2.24. The fourth-order valence-electron chi connectivity index (χ4n) is 7.67. The van der Waals surface area contributed by atoms with E-state index in [2.05, 4.69) is 152 Å². The average molecular weight is 694 g/mol. The molecule has 0 atom stereocenters. The Hall–Kier alpha value is -7.03. The third-order valence-electron chi connectivity index (χ3n) is 10.4. The van der Waals surface area contributed by atoms with Crippen LogP contribution in [-0.4, -0.2) is 13.3 Å². The highest BCUT2D eigenvalue weighted by Crippen LogP contribution is 2.44. The number of aldehydes is 1. The third-order valence-corrected chi connectivity index (χ3v) is 10.4. The molecule has 0 bridgehead atoms. The summed E-state index contributed by atoms with van der Waals surface area (Å²) in [6.45, 7) is 8.60. The van der Waals surface area contributed by atoms with Crippen molar-refractivity contribution in [2.45, 2.75) is 0 Å². The molecule has 0 heterocycles. The van der Waals surface area contributed by atoms with Crippen LogP contribution in [0, 0.1) is 0 Å². The van der Waals surface area contributed by atoms with Gasteiger partial charge in [-0.1, -0.05) is 177 Å². The molecule has 0 aliphatic heterocycles. The Kier molecular flexibility index (Phi) is 9.41. The molecule has 0 saturated heterocycles. The van der Waals surface area contributed by atoms with E-state index in [0.29, 0.717) is 5.56 Å². The van der Waals surface area contributed by atoms with E-state index in [1.807, 2.05) is 60.7 Å². The highest BCUT2D eigenvalue weighted by atomic mass is 16.1. The van der Waals surface area contributed by atoms with Gasteiger partial charge in [-0.2, -0.15) is 0 Å². The summed E-state index contributed by atoms with van der Waals surface area (Å²) in [5.41, 5.74) is 15.8. The summed E-state index contributed by atoms with van der Waals surface area (Å²) in [7, 11) is 2.07. The highest BCUT2D eigenvalue weighted by Gasteiger charge is 2.20. The van der Waals surface area contributed by atoms with Crippen LogP contribution in [0.3, 0.4) is 0 Å². The second-order valence-corrected chi connectivity index (χ2v) is 13.4. The van der Waals surface area contributed by atoms with Gasteiger partial charge in [-0.15, -0.1) is 0 Å². The maximum atomic E-state index is 12.2. The van der Waals surface area contributed by atoms with Crippen LogP contribution in [0.25, 0.3) is 78.6 Å². The molecule has 8 aromatic carbocycles. The number of rotatable bonds is 10. The first-order valence-corrected chi connectivity index (χ1v) is 18.2. The molecule has 0 aromatic heterocycles. The van der Waals surface area contributed by atoms with Crippen LogP contribution in [0.4, 0.5) is 11.4 Å². The first kappa shape index (κ1) is 34.1. The standard InChI is InChI=1S/C52H39NO/c1-4-44-45(5-2)52(48-23-15-14-22-47(48)51(44)39-28-24-37(25-29-39)36-16-8-6-9-17-36)40-30-26-38(27-31-40)41-32-33-50(53(3)43-19-10-7-11-20-43)49(34-41)46-21-13-12-18-42(46)35-54/h4-35H,1-2H2,3H3. The molecule has 0 aliphatic carbocycles. The maximum absolute atomic E-state index is 12.2. The van der Waals surface area contributed by atoms with E-state index in [4.69, 9.17) is 0 Å². The van der Waals surface area contributed by atoms with Gasteiger partial charge in [0.25, 0.3) is 0 Å². The number of para-hydroxylation sites is 1. The van der Waals surface area contributed by atoms with Crippen LogP contribution >= 0.6 is 0 Å². The van der Waals surface area contributed by atoms with Crippen molar-refractivity contribution in [2.75, 3.05) is 11.9 Å². The molecule has 8 aromatic rings. The first-order valence-electron chi connectivity index (χ1n) is 18.2. The van der Waals surface area contributed by atoms with Gasteiger partial charge in [-0.25, -0.2) is 0 Å². The Morgan fingerprint density at radius 3 is 1.44 bits per heavy atom. The lowest BCUT2D eigenvalue weighted by Crippen LogP contribution is -2.11. The van der Waals surface area contributed by atoms with Crippen molar-refractivity contribution in [3.63, 3.8) is 0 Å². The zero-order valence-corrected chi connectivity index (χ0v) is 30.2. The minimum absolute atomic E-state index is 0.658. The molecular weight excluding hydrogens is 655 g/mol. The highest BCUT2D eigenvalue weighted by molar-refractivity contribution is 6.11. The molecule has 0 unspecified atom stereocenters. The lowest BCUT2D eigenvalue weighted by atomic mass is 9.83. The second-order valence-electron chi connectivity index (χ2n) is 13.4. The van der Waals surface area contributed by atoms with Gasteiger partial charge in [0.05, 0.1) is 0 Å². The smallest absolute Gasteiger partial charge is 0.150 e. The summed E-state index contributed by atoms with van der Waals surface area (Å²) in [5, 5.41) is 2.33. The molecule has 0 radical (unpaired) electrons. The van der Waals surface area contributed by atoms with Crippen LogP contribution in [-0.2, 0) is 0 Å². The number of carbonyl (C=O) groups is 1. The summed E-state index contributed by atoms with van der Waals surface area (Å²) in [5.74, 6) is 0. The van der Waals surface area contributed by atoms with Gasteiger partial charge in [0.15, 0.2) is 6.29 Å². The summed E-state index contributed by atoms with van der Waals surface area (Å²) < 4.78 is 0. The second kappa shape index (κ2) is 14.9. The van der Waals surface area contributed by atoms with Crippen molar-refractivity contribution in [3.05, 3.63) is 206 Å². The number of carbonyl (C=O) groups excluding carboxylic acids is 1. The molecule has 54 heavy (non-hydrogen) atoms. The molecule has 0 amide bonds. The molecule has 0 N–H and O–H groups in total. The Labute approximate surface area is 317 Å². The van der Waals surface area contributed by atoms with Gasteiger partial charge in [-0.05, 0) is 96.2 Å². The van der Waals surface area contributed by atoms with Crippen molar-refractivity contribution >= 4 is 40.6 Å². The first-order chi connectivity index (χ1) is 26.6. The number of nitrogens with zero attached hydrogens (tertiary/aromatic N) is 1. The minimum atomic E-state index is 0.658. The molecule has 8 rings (SSSR count). The van der Waals surface area contributed by atoms with E-state index in [1.165, 1.54) is 16.5 Å². The van der Waals surface area contributed by atoms with E-state index in [1.54, 1.807) is 0 Å². The van der Waals surface area contributed by atoms with E-state index in [-0.39, 0.29) is 0 Å². The maximum Gasteiger partial charge on any atom is 0.150 e.